The molecule has 1 aliphatic heterocycles. The van der Waals surface area contributed by atoms with Crippen molar-refractivity contribution in [3.8, 4) is 0 Å². The van der Waals surface area contributed by atoms with Crippen molar-refractivity contribution in [3.05, 3.63) is 90.3 Å². The van der Waals surface area contributed by atoms with Crippen molar-refractivity contribution in [1.82, 2.24) is 20.7 Å². The second-order valence-electron chi connectivity index (χ2n) is 13.9. The number of hydrazine groups is 1. The Bertz CT molecular complexity index is 1690. The Morgan fingerprint density at radius 1 is 0.923 bits per heavy atom. The van der Waals surface area contributed by atoms with Crippen LogP contribution in [0.3, 0.4) is 0 Å². The van der Waals surface area contributed by atoms with Crippen molar-refractivity contribution in [1.29, 1.82) is 0 Å². The van der Waals surface area contributed by atoms with E-state index in [0.717, 1.165) is 34.9 Å². The number of aliphatic hydroxyl groups excluding tert-OH is 1. The molecule has 280 valence electrons. The molecular weight excluding hydrogens is 660 g/mol. The van der Waals surface area contributed by atoms with E-state index < -0.39 is 36.1 Å². The molecule has 5 atom stereocenters. The van der Waals surface area contributed by atoms with Gasteiger partial charge in [0.15, 0.2) is 0 Å². The lowest BCUT2D eigenvalue weighted by atomic mass is 9.99. The topological polar surface area (TPSA) is 158 Å². The van der Waals surface area contributed by atoms with E-state index >= 15 is 0 Å². The Labute approximate surface area is 306 Å². The highest BCUT2D eigenvalue weighted by molar-refractivity contribution is 5.96. The van der Waals surface area contributed by atoms with Crippen LogP contribution in [0.4, 0.5) is 10.5 Å². The number of fused-ring (bicyclic) bond motifs is 1. The molecule has 2 unspecified atom stereocenters. The number of carbonyl (C=O) groups is 4. The van der Waals surface area contributed by atoms with Gasteiger partial charge in [0.1, 0.15) is 19.3 Å². The number of amides is 4. The number of hydrogen-bond acceptors (Lipinski definition) is 8. The summed E-state index contributed by atoms with van der Waals surface area (Å²) in [6.45, 7) is 9.88. The molecule has 4 amide bonds. The van der Waals surface area contributed by atoms with E-state index in [4.69, 9.17) is 10.5 Å². The maximum atomic E-state index is 14.5. The minimum Gasteiger partial charge on any atom is -0.445 e. The molecule has 0 spiro atoms. The van der Waals surface area contributed by atoms with Gasteiger partial charge in [-0.2, -0.15) is 0 Å². The number of nitrogens with two attached hydrogens (primary N) is 1. The zero-order valence-electron chi connectivity index (χ0n) is 31.0. The zero-order valence-corrected chi connectivity index (χ0v) is 31.0. The molecule has 0 fully saturated rings. The largest absolute Gasteiger partial charge is 0.445 e. The van der Waals surface area contributed by atoms with Crippen molar-refractivity contribution in [2.45, 2.75) is 91.5 Å². The first-order valence-corrected chi connectivity index (χ1v) is 18.2. The van der Waals surface area contributed by atoms with Gasteiger partial charge in [-0.05, 0) is 42.2 Å². The third-order valence-electron chi connectivity index (χ3n) is 9.40. The van der Waals surface area contributed by atoms with Gasteiger partial charge in [0, 0.05) is 30.2 Å². The maximum absolute atomic E-state index is 14.5. The molecule has 12 heteroatoms. The van der Waals surface area contributed by atoms with Crippen LogP contribution in [0.1, 0.15) is 72.3 Å². The second kappa shape index (κ2) is 19.1. The van der Waals surface area contributed by atoms with Crippen LogP contribution in [0.25, 0.3) is 10.8 Å². The molecule has 52 heavy (non-hydrogen) atoms. The number of alkyl carbamates (subject to hydrolysis) is 1. The van der Waals surface area contributed by atoms with Crippen LogP contribution in [-0.2, 0) is 25.7 Å². The number of aliphatic hydroxyl groups is 1. The Balaban J connectivity index is 1.68. The van der Waals surface area contributed by atoms with Gasteiger partial charge in [-0.25, -0.2) is 4.79 Å². The van der Waals surface area contributed by atoms with Crippen molar-refractivity contribution >= 4 is 40.3 Å². The first kappa shape index (κ1) is 39.8. The number of hydrogen-bond donors (Lipinski definition) is 4. The lowest BCUT2D eigenvalue weighted by Crippen LogP contribution is -2.56. The first-order chi connectivity index (χ1) is 24.9. The van der Waals surface area contributed by atoms with Crippen molar-refractivity contribution in [3.63, 3.8) is 0 Å². The molecule has 3 aromatic carbocycles. The molecule has 1 heterocycles. The van der Waals surface area contributed by atoms with E-state index in [9.17, 15) is 24.3 Å². The van der Waals surface area contributed by atoms with Gasteiger partial charge in [-0.1, -0.05) is 107 Å². The fourth-order valence-electron chi connectivity index (χ4n) is 6.03. The first-order valence-electron chi connectivity index (χ1n) is 18.2. The van der Waals surface area contributed by atoms with Gasteiger partial charge >= 0.3 is 6.09 Å². The van der Waals surface area contributed by atoms with E-state index in [1.165, 1.54) is 9.91 Å². The average molecular weight is 715 g/mol. The highest BCUT2D eigenvalue weighted by atomic mass is 16.5. The predicted octanol–water partition coefficient (Wildman–Crippen LogP) is 5.41. The number of nitrogens with zero attached hydrogens (tertiary/aromatic N) is 3. The lowest BCUT2D eigenvalue weighted by Gasteiger charge is -2.32. The maximum Gasteiger partial charge on any atom is 0.408 e. The molecule has 12 nitrogen and oxygen atoms in total. The molecule has 0 aliphatic carbocycles. The summed E-state index contributed by atoms with van der Waals surface area (Å²) in [6.07, 6.45) is 1.78. The van der Waals surface area contributed by atoms with E-state index in [2.05, 4.69) is 10.7 Å². The highest BCUT2D eigenvalue weighted by Gasteiger charge is 2.35. The van der Waals surface area contributed by atoms with E-state index in [1.54, 1.807) is 13.1 Å². The summed E-state index contributed by atoms with van der Waals surface area (Å²) in [4.78, 5) is 57.8. The van der Waals surface area contributed by atoms with Crippen LogP contribution in [0.5, 0.6) is 0 Å². The van der Waals surface area contributed by atoms with Crippen LogP contribution < -0.4 is 21.4 Å². The minimum absolute atomic E-state index is 0.00278. The van der Waals surface area contributed by atoms with Gasteiger partial charge in [0.25, 0.3) is 5.91 Å². The molecule has 0 aromatic heterocycles. The molecule has 0 bridgehead atoms. The third-order valence-corrected chi connectivity index (χ3v) is 9.40. The predicted molar refractivity (Wildman–Crippen MR) is 202 cm³/mol. The molecule has 0 saturated heterocycles. The quantitative estimate of drug-likeness (QED) is 0.144. The molecule has 5 N–H and O–H groups in total. The van der Waals surface area contributed by atoms with Gasteiger partial charge in [-0.3, -0.25) is 29.7 Å². The fourth-order valence-corrected chi connectivity index (χ4v) is 6.03. The fraction of sp³-hybridized carbons (Fsp3) is 0.450. The molecule has 0 saturated carbocycles. The van der Waals surface area contributed by atoms with Crippen LogP contribution >= 0.6 is 0 Å². The normalized spacial score (nSPS) is 15.6. The SMILES string of the molecule is CCC(C)C[C@H](O)CC(=O)NN(CC(C)CC)C(=O)[C@H](CC1=CN(C(=O)[C@H](C)N)CN1c1cccc2ccccc12)NC(=O)OCc1ccccc1. The lowest BCUT2D eigenvalue weighted by molar-refractivity contribution is -0.144. The Kier molecular flexibility index (Phi) is 14.6. The summed E-state index contributed by atoms with van der Waals surface area (Å²) in [5.41, 5.74) is 10.9. The summed E-state index contributed by atoms with van der Waals surface area (Å²) in [7, 11) is 0. The van der Waals surface area contributed by atoms with Crippen molar-refractivity contribution in [2.75, 3.05) is 18.1 Å². The van der Waals surface area contributed by atoms with Crippen molar-refractivity contribution < 1.29 is 29.0 Å². The number of ether oxygens (including phenoxy) is 1. The summed E-state index contributed by atoms with van der Waals surface area (Å²) in [5, 5.41) is 16.5. The highest BCUT2D eigenvalue weighted by Crippen LogP contribution is 2.34. The Hall–Kier alpha value is -4.94. The molecule has 4 rings (SSSR count). The average Bonchev–Trinajstić information content (AvgIpc) is 3.55. The van der Waals surface area contributed by atoms with Gasteiger partial charge < -0.3 is 25.8 Å². The molecular formula is C40H54N6O6. The third kappa shape index (κ3) is 11.0. The monoisotopic (exact) mass is 714 g/mol. The summed E-state index contributed by atoms with van der Waals surface area (Å²) in [6, 6.07) is 20.9. The van der Waals surface area contributed by atoms with Gasteiger partial charge in [0.05, 0.1) is 24.3 Å². The summed E-state index contributed by atoms with van der Waals surface area (Å²) >= 11 is 0. The van der Waals surface area contributed by atoms with E-state index in [0.29, 0.717) is 12.1 Å². The number of carbonyl (C=O) groups excluding carboxylic acids is 4. The van der Waals surface area contributed by atoms with Crippen LogP contribution in [-0.4, -0.2) is 70.2 Å². The number of benzene rings is 3. The smallest absolute Gasteiger partial charge is 0.408 e. The zero-order chi connectivity index (χ0) is 37.8. The summed E-state index contributed by atoms with van der Waals surface area (Å²) in [5.74, 6) is -1.16. The van der Waals surface area contributed by atoms with Gasteiger partial charge in [-0.15, -0.1) is 0 Å². The summed E-state index contributed by atoms with van der Waals surface area (Å²) < 4.78 is 5.54. The van der Waals surface area contributed by atoms with Crippen molar-refractivity contribution in [2.24, 2.45) is 17.6 Å². The van der Waals surface area contributed by atoms with E-state index in [-0.39, 0.29) is 50.4 Å². The standard InChI is InChI=1S/C40H54N6O6/c1-6-27(3)20-33(47)22-37(48)43-46(23-28(4)7-2)39(50)35(42-40(51)52-25-30-14-9-8-10-15-30)21-32-24-44(38(49)29(5)41)26-45(32)36-19-13-17-31-16-11-12-18-34(31)36/h8-19,24,27-29,33,35,47H,6-7,20-23,25-26,41H2,1-5H3,(H,42,51)(H,43,48)/t27?,28?,29-,33-,35-/m0/s1. The van der Waals surface area contributed by atoms with Crippen LogP contribution in [0.2, 0.25) is 0 Å². The number of rotatable bonds is 16. The Morgan fingerprint density at radius 2 is 1.60 bits per heavy atom. The molecule has 0 radical (unpaired) electrons. The second-order valence-corrected chi connectivity index (χ2v) is 13.9. The van der Waals surface area contributed by atoms with E-state index in [1.807, 2.05) is 105 Å². The Morgan fingerprint density at radius 3 is 2.29 bits per heavy atom. The van der Waals surface area contributed by atoms with Gasteiger partial charge in [0.2, 0.25) is 11.8 Å². The number of nitrogens with one attached hydrogen (secondary N) is 2. The number of anilines is 1. The molecule has 1 aliphatic rings. The minimum atomic E-state index is -1.22. The molecule has 3 aromatic rings. The van der Waals surface area contributed by atoms with Crippen LogP contribution in [0.15, 0.2) is 84.7 Å². The van der Waals surface area contributed by atoms with Crippen LogP contribution in [0, 0.1) is 11.8 Å².